The Morgan fingerprint density at radius 2 is 1.17 bits per heavy atom. The largest absolute Gasteiger partial charge is 0.481 e. The van der Waals surface area contributed by atoms with E-state index >= 15 is 0 Å². The van der Waals surface area contributed by atoms with E-state index in [1.165, 1.54) is 0 Å². The fraction of sp³-hybridized carbons (Fsp3) is 0.714. The minimum atomic E-state index is -1.31. The predicted octanol–water partition coefficient (Wildman–Crippen LogP) is -0.132. The van der Waals surface area contributed by atoms with Gasteiger partial charge < -0.3 is 14.7 Å². The lowest BCUT2D eigenvalue weighted by atomic mass is 10.5. The number of hydrogen-bond acceptors (Lipinski definition) is 2. The van der Waals surface area contributed by atoms with Gasteiger partial charge in [0.25, 0.3) is 0 Å². The van der Waals surface area contributed by atoms with E-state index in [1.807, 2.05) is 0 Å². The van der Waals surface area contributed by atoms with E-state index < -0.39 is 18.4 Å². The lowest BCUT2D eigenvalue weighted by molar-refractivity contribution is -0.849. The zero-order valence-electron chi connectivity index (χ0n) is 7.87. The van der Waals surface area contributed by atoms with E-state index in [-0.39, 0.29) is 0 Å². The van der Waals surface area contributed by atoms with Crippen LogP contribution in [0.2, 0.25) is 0 Å². The van der Waals surface area contributed by atoms with Gasteiger partial charge in [-0.05, 0) is 0 Å². The summed E-state index contributed by atoms with van der Waals surface area (Å²) in [5, 5.41) is 15.4. The van der Waals surface area contributed by atoms with Crippen molar-refractivity contribution >= 4 is 11.9 Å². The molecule has 0 saturated carbocycles. The maximum atomic E-state index is 9.43. The van der Waals surface area contributed by atoms with Crippen LogP contribution < -0.4 is 0 Å². The molecule has 12 heavy (non-hydrogen) atoms. The number of rotatable bonds is 2. The molecule has 0 saturated heterocycles. The highest BCUT2D eigenvalue weighted by molar-refractivity contribution is 5.88. The van der Waals surface area contributed by atoms with Crippen LogP contribution in [0.3, 0.4) is 0 Å². The molecular weight excluding hydrogens is 162 g/mol. The fourth-order valence-corrected chi connectivity index (χ4v) is 0.129. The van der Waals surface area contributed by atoms with Gasteiger partial charge in [0.2, 0.25) is 0 Å². The average molecular weight is 178 g/mol. The fourth-order valence-electron chi connectivity index (χ4n) is 0.129. The second-order valence-electron chi connectivity index (χ2n) is 3.65. The number of carbonyl (C=O) groups is 2. The van der Waals surface area contributed by atoms with Crippen molar-refractivity contribution in [3.05, 3.63) is 0 Å². The number of carboxylic acid groups (broad SMARTS) is 2. The molecule has 0 amide bonds. The molecule has 2 N–H and O–H groups in total. The number of carboxylic acids is 2. The third-order valence-corrected chi connectivity index (χ3v) is 0.302. The lowest BCUT2D eigenvalue weighted by Gasteiger charge is -2.14. The Hall–Kier alpha value is -1.10. The van der Waals surface area contributed by atoms with Crippen LogP contribution in [0.4, 0.5) is 0 Å². The summed E-state index contributed by atoms with van der Waals surface area (Å²) in [7, 11) is 8.50. The number of hydrogen-bond donors (Lipinski definition) is 2. The van der Waals surface area contributed by atoms with Crippen molar-refractivity contribution in [3.63, 3.8) is 0 Å². The Balaban J connectivity index is 0. The monoisotopic (exact) mass is 178 g/mol. The first-order chi connectivity index (χ1) is 5.13. The molecule has 0 aromatic heterocycles. The first-order valence-corrected chi connectivity index (χ1v) is 3.35. The second-order valence-corrected chi connectivity index (χ2v) is 3.65. The Kier molecular flexibility index (Phi) is 6.22. The summed E-state index contributed by atoms with van der Waals surface area (Å²) in [5.74, 6) is -2.62. The summed E-state index contributed by atoms with van der Waals surface area (Å²) in [6.45, 7) is 0. The van der Waals surface area contributed by atoms with Crippen molar-refractivity contribution in [2.45, 2.75) is 6.42 Å². The van der Waals surface area contributed by atoms with Crippen molar-refractivity contribution < 1.29 is 24.3 Å². The van der Waals surface area contributed by atoms with Crippen LogP contribution in [0.5, 0.6) is 0 Å². The molecule has 0 bridgehead atoms. The van der Waals surface area contributed by atoms with Gasteiger partial charge in [-0.3, -0.25) is 9.59 Å². The summed E-state index contributed by atoms with van der Waals surface area (Å²) >= 11 is 0. The average Bonchev–Trinajstić information content (AvgIpc) is 1.52. The molecule has 0 atom stereocenters. The summed E-state index contributed by atoms with van der Waals surface area (Å²) < 4.78 is 1.00. The quantitative estimate of drug-likeness (QED) is 0.456. The van der Waals surface area contributed by atoms with E-state index in [1.54, 1.807) is 0 Å². The zero-order valence-corrected chi connectivity index (χ0v) is 7.87. The topological polar surface area (TPSA) is 74.6 Å². The lowest BCUT2D eigenvalue weighted by Crippen LogP contribution is -2.27. The Labute approximate surface area is 71.8 Å². The van der Waals surface area contributed by atoms with E-state index in [4.69, 9.17) is 10.2 Å². The molecule has 0 heterocycles. The molecular formula is C7H16NO4+. The van der Waals surface area contributed by atoms with Crippen LogP contribution >= 0.6 is 0 Å². The zero-order chi connectivity index (χ0) is 10.4. The van der Waals surface area contributed by atoms with Gasteiger partial charge in [0.15, 0.2) is 0 Å². The van der Waals surface area contributed by atoms with E-state index in [0.717, 1.165) is 4.48 Å². The van der Waals surface area contributed by atoms with Crippen molar-refractivity contribution in [2.24, 2.45) is 0 Å². The molecule has 0 radical (unpaired) electrons. The highest BCUT2D eigenvalue weighted by atomic mass is 16.4. The first kappa shape index (κ1) is 13.5. The normalized spacial score (nSPS) is 9.67. The SMILES string of the molecule is C[N+](C)(C)C.O=C(O)CC(=O)O. The molecule has 0 spiro atoms. The standard InChI is InChI=1S/C4H12N.C3H4O4/c1-5(2,3)4;4-2(5)1-3(6)7/h1-4H3;1H2,(H,4,5)(H,6,7)/q+1;. The first-order valence-electron chi connectivity index (χ1n) is 3.35. The van der Waals surface area contributed by atoms with E-state index in [2.05, 4.69) is 28.2 Å². The third-order valence-electron chi connectivity index (χ3n) is 0.302. The molecule has 0 aliphatic heterocycles. The van der Waals surface area contributed by atoms with Crippen molar-refractivity contribution in [3.8, 4) is 0 Å². The van der Waals surface area contributed by atoms with Crippen molar-refractivity contribution in [2.75, 3.05) is 28.2 Å². The van der Waals surface area contributed by atoms with Crippen LogP contribution in [0.1, 0.15) is 6.42 Å². The Bertz CT molecular complexity index is 141. The van der Waals surface area contributed by atoms with Gasteiger partial charge in [-0.25, -0.2) is 0 Å². The summed E-state index contributed by atoms with van der Waals surface area (Å²) in [6.07, 6.45) is -0.806. The maximum Gasteiger partial charge on any atom is 0.314 e. The van der Waals surface area contributed by atoms with Crippen LogP contribution in [0.25, 0.3) is 0 Å². The molecule has 0 fully saturated rings. The Morgan fingerprint density at radius 3 is 1.17 bits per heavy atom. The van der Waals surface area contributed by atoms with Crippen LogP contribution in [-0.4, -0.2) is 54.8 Å². The minimum absolute atomic E-state index is 0.806. The van der Waals surface area contributed by atoms with E-state index in [0.29, 0.717) is 0 Å². The second kappa shape index (κ2) is 5.54. The molecule has 5 heteroatoms. The summed E-state index contributed by atoms with van der Waals surface area (Å²) in [5.41, 5.74) is 0. The highest BCUT2D eigenvalue weighted by Gasteiger charge is 2.01. The molecule has 72 valence electrons. The van der Waals surface area contributed by atoms with Gasteiger partial charge in [-0.2, -0.15) is 0 Å². The van der Waals surface area contributed by atoms with Gasteiger partial charge in [0.05, 0.1) is 28.2 Å². The number of nitrogens with zero attached hydrogens (tertiary/aromatic N) is 1. The van der Waals surface area contributed by atoms with Crippen molar-refractivity contribution in [1.29, 1.82) is 0 Å². The molecule has 0 unspecified atom stereocenters. The van der Waals surface area contributed by atoms with Crippen LogP contribution in [0, 0.1) is 0 Å². The maximum absolute atomic E-state index is 9.43. The number of aliphatic carboxylic acids is 2. The molecule has 0 aliphatic rings. The molecule has 5 nitrogen and oxygen atoms in total. The van der Waals surface area contributed by atoms with Gasteiger partial charge in [0.1, 0.15) is 6.42 Å². The van der Waals surface area contributed by atoms with Crippen molar-refractivity contribution in [1.82, 2.24) is 0 Å². The van der Waals surface area contributed by atoms with Crippen LogP contribution in [-0.2, 0) is 9.59 Å². The highest BCUT2D eigenvalue weighted by Crippen LogP contribution is 1.74. The molecule has 0 aromatic carbocycles. The summed E-state index contributed by atoms with van der Waals surface area (Å²) in [6, 6.07) is 0. The van der Waals surface area contributed by atoms with Gasteiger partial charge in [0, 0.05) is 0 Å². The molecule has 0 rings (SSSR count). The Morgan fingerprint density at radius 1 is 1.00 bits per heavy atom. The van der Waals surface area contributed by atoms with Gasteiger partial charge in [-0.1, -0.05) is 0 Å². The third kappa shape index (κ3) is 66.0. The van der Waals surface area contributed by atoms with Gasteiger partial charge >= 0.3 is 11.9 Å². The smallest absolute Gasteiger partial charge is 0.314 e. The van der Waals surface area contributed by atoms with E-state index in [9.17, 15) is 9.59 Å². The van der Waals surface area contributed by atoms with Crippen LogP contribution in [0.15, 0.2) is 0 Å². The molecule has 0 aliphatic carbocycles. The summed E-state index contributed by atoms with van der Waals surface area (Å²) in [4.78, 5) is 18.9. The van der Waals surface area contributed by atoms with Gasteiger partial charge in [-0.15, -0.1) is 0 Å². The predicted molar refractivity (Wildman–Crippen MR) is 43.8 cm³/mol. The number of quaternary nitrogens is 1. The minimum Gasteiger partial charge on any atom is -0.481 e. The molecule has 0 aromatic rings.